The van der Waals surface area contributed by atoms with Gasteiger partial charge < -0.3 is 10.2 Å². The Balaban J connectivity index is 1.47. The van der Waals surface area contributed by atoms with E-state index in [1.54, 1.807) is 0 Å². The molecule has 1 N–H and O–H groups in total. The molecule has 1 aromatic rings. The molecule has 0 aromatic heterocycles. The molecule has 21 heavy (non-hydrogen) atoms. The number of hydrogen-bond acceptors (Lipinski definition) is 2. The molecule has 1 aromatic carbocycles. The molecule has 0 aliphatic heterocycles. The number of nitrogens with one attached hydrogen (secondary N) is 1. The van der Waals surface area contributed by atoms with Crippen molar-refractivity contribution in [3.05, 3.63) is 35.9 Å². The van der Waals surface area contributed by atoms with Gasteiger partial charge in [-0.3, -0.25) is 0 Å². The summed E-state index contributed by atoms with van der Waals surface area (Å²) < 4.78 is 0. The Kier molecular flexibility index (Phi) is 4.97. The topological polar surface area (TPSA) is 15.3 Å². The molecule has 0 radical (unpaired) electrons. The number of benzene rings is 1. The van der Waals surface area contributed by atoms with Gasteiger partial charge in [0.1, 0.15) is 0 Å². The zero-order chi connectivity index (χ0) is 14.5. The first-order valence-corrected chi connectivity index (χ1v) is 8.72. The molecule has 2 heteroatoms. The molecule has 0 spiro atoms. The second-order valence-electron chi connectivity index (χ2n) is 7.34. The number of hydrogen-bond donors (Lipinski definition) is 1. The summed E-state index contributed by atoms with van der Waals surface area (Å²) in [6.45, 7) is 3.68. The van der Waals surface area contributed by atoms with E-state index in [1.807, 2.05) is 0 Å². The van der Waals surface area contributed by atoms with Crippen LogP contribution in [-0.2, 0) is 6.42 Å². The van der Waals surface area contributed by atoms with Crippen molar-refractivity contribution >= 4 is 0 Å². The number of rotatable bonds is 8. The largest absolute Gasteiger partial charge is 0.313 e. The first-order chi connectivity index (χ1) is 10.3. The van der Waals surface area contributed by atoms with Crippen molar-refractivity contribution in [2.24, 2.45) is 5.41 Å². The molecule has 0 heterocycles. The lowest BCUT2D eigenvalue weighted by Crippen LogP contribution is -2.42. The van der Waals surface area contributed by atoms with E-state index < -0.39 is 0 Å². The minimum Gasteiger partial charge on any atom is -0.313 e. The molecule has 2 aliphatic carbocycles. The Morgan fingerprint density at radius 2 is 1.86 bits per heavy atom. The van der Waals surface area contributed by atoms with E-state index in [2.05, 4.69) is 47.6 Å². The quantitative estimate of drug-likeness (QED) is 0.787. The van der Waals surface area contributed by atoms with Crippen molar-refractivity contribution in [1.82, 2.24) is 10.2 Å². The fourth-order valence-corrected chi connectivity index (χ4v) is 3.78. The average Bonchev–Trinajstić information content (AvgIpc) is 3.24. The third-order valence-electron chi connectivity index (χ3n) is 5.24. The standard InChI is InChI=1S/C19H30N2/c1-21(14-11-17-7-3-2-4-8-17)16-19(12-5-6-13-19)15-20-18-9-10-18/h2-4,7-8,18,20H,5-6,9-16H2,1H3. The molecule has 0 unspecified atom stereocenters. The highest BCUT2D eigenvalue weighted by atomic mass is 15.1. The average molecular weight is 286 g/mol. The van der Waals surface area contributed by atoms with Crippen molar-refractivity contribution in [3.8, 4) is 0 Å². The summed E-state index contributed by atoms with van der Waals surface area (Å²) in [4.78, 5) is 2.56. The number of nitrogens with zero attached hydrogens (tertiary/aromatic N) is 1. The van der Waals surface area contributed by atoms with Crippen molar-refractivity contribution in [1.29, 1.82) is 0 Å². The lowest BCUT2D eigenvalue weighted by Gasteiger charge is -2.34. The van der Waals surface area contributed by atoms with Gasteiger partial charge in [-0.15, -0.1) is 0 Å². The minimum absolute atomic E-state index is 0.550. The molecular weight excluding hydrogens is 256 g/mol. The van der Waals surface area contributed by atoms with E-state index in [1.165, 1.54) is 70.1 Å². The van der Waals surface area contributed by atoms with Crippen LogP contribution in [0.3, 0.4) is 0 Å². The maximum Gasteiger partial charge on any atom is 0.00684 e. The third kappa shape index (κ3) is 4.55. The first-order valence-electron chi connectivity index (χ1n) is 8.72. The van der Waals surface area contributed by atoms with Gasteiger partial charge in [0, 0.05) is 25.7 Å². The highest BCUT2D eigenvalue weighted by Gasteiger charge is 2.36. The van der Waals surface area contributed by atoms with Crippen LogP contribution in [0.5, 0.6) is 0 Å². The summed E-state index contributed by atoms with van der Waals surface area (Å²) in [6.07, 6.45) is 9.67. The Labute approximate surface area is 129 Å². The minimum atomic E-state index is 0.550. The van der Waals surface area contributed by atoms with Gasteiger partial charge in [-0.2, -0.15) is 0 Å². The second-order valence-corrected chi connectivity index (χ2v) is 7.34. The molecule has 0 amide bonds. The first kappa shape index (κ1) is 15.1. The monoisotopic (exact) mass is 286 g/mol. The normalized spacial score (nSPS) is 21.0. The molecule has 0 bridgehead atoms. The van der Waals surface area contributed by atoms with Gasteiger partial charge in [0.25, 0.3) is 0 Å². The van der Waals surface area contributed by atoms with Crippen molar-refractivity contribution in [3.63, 3.8) is 0 Å². The molecule has 2 saturated carbocycles. The van der Waals surface area contributed by atoms with Crippen LogP contribution >= 0.6 is 0 Å². The van der Waals surface area contributed by atoms with E-state index in [9.17, 15) is 0 Å². The molecular formula is C19H30N2. The highest BCUT2D eigenvalue weighted by Crippen LogP contribution is 2.39. The lowest BCUT2D eigenvalue weighted by atomic mass is 9.85. The summed E-state index contributed by atoms with van der Waals surface area (Å²) >= 11 is 0. The summed E-state index contributed by atoms with van der Waals surface area (Å²) in [5.41, 5.74) is 2.01. The molecule has 116 valence electrons. The van der Waals surface area contributed by atoms with Gasteiger partial charge >= 0.3 is 0 Å². The van der Waals surface area contributed by atoms with Crippen LogP contribution < -0.4 is 5.32 Å². The van der Waals surface area contributed by atoms with Crippen LogP contribution in [0, 0.1) is 5.41 Å². The van der Waals surface area contributed by atoms with E-state index in [0.717, 1.165) is 6.04 Å². The summed E-state index contributed by atoms with van der Waals surface area (Å²) in [7, 11) is 2.31. The number of likely N-dealkylation sites (N-methyl/N-ethyl adjacent to an activating group) is 1. The molecule has 0 atom stereocenters. The van der Waals surface area contributed by atoms with E-state index >= 15 is 0 Å². The van der Waals surface area contributed by atoms with Crippen LogP contribution in [0.2, 0.25) is 0 Å². The summed E-state index contributed by atoms with van der Waals surface area (Å²) in [5, 5.41) is 3.79. The summed E-state index contributed by atoms with van der Waals surface area (Å²) in [5.74, 6) is 0. The Bertz CT molecular complexity index is 418. The van der Waals surface area contributed by atoms with Gasteiger partial charge in [-0.25, -0.2) is 0 Å². The van der Waals surface area contributed by atoms with Crippen LogP contribution in [-0.4, -0.2) is 37.6 Å². The van der Waals surface area contributed by atoms with Crippen LogP contribution in [0.4, 0.5) is 0 Å². The SMILES string of the molecule is CN(CCc1ccccc1)CC1(CNC2CC2)CCCC1. The van der Waals surface area contributed by atoms with Gasteiger partial charge in [0.05, 0.1) is 0 Å². The lowest BCUT2D eigenvalue weighted by molar-refractivity contribution is 0.173. The Morgan fingerprint density at radius 3 is 2.52 bits per heavy atom. The van der Waals surface area contributed by atoms with E-state index in [4.69, 9.17) is 0 Å². The predicted molar refractivity (Wildman–Crippen MR) is 89.6 cm³/mol. The van der Waals surface area contributed by atoms with Crippen LogP contribution in [0.1, 0.15) is 44.1 Å². The van der Waals surface area contributed by atoms with Gasteiger partial charge in [0.2, 0.25) is 0 Å². The van der Waals surface area contributed by atoms with Crippen LogP contribution in [0.25, 0.3) is 0 Å². The van der Waals surface area contributed by atoms with Crippen molar-refractivity contribution in [2.75, 3.05) is 26.7 Å². The Morgan fingerprint density at radius 1 is 1.14 bits per heavy atom. The second kappa shape index (κ2) is 6.93. The van der Waals surface area contributed by atoms with Gasteiger partial charge in [0.15, 0.2) is 0 Å². The van der Waals surface area contributed by atoms with Gasteiger partial charge in [-0.05, 0) is 50.1 Å². The predicted octanol–water partition coefficient (Wildman–Crippen LogP) is 3.47. The van der Waals surface area contributed by atoms with Gasteiger partial charge in [-0.1, -0.05) is 43.2 Å². The molecule has 0 saturated heterocycles. The zero-order valence-electron chi connectivity index (χ0n) is 13.5. The zero-order valence-corrected chi connectivity index (χ0v) is 13.5. The van der Waals surface area contributed by atoms with E-state index in [0.29, 0.717) is 5.41 Å². The molecule has 3 rings (SSSR count). The fraction of sp³-hybridized carbons (Fsp3) is 0.684. The molecule has 2 aliphatic rings. The van der Waals surface area contributed by atoms with Crippen molar-refractivity contribution in [2.45, 2.75) is 51.0 Å². The fourth-order valence-electron chi connectivity index (χ4n) is 3.78. The molecule has 2 nitrogen and oxygen atoms in total. The summed E-state index contributed by atoms with van der Waals surface area (Å²) in [6, 6.07) is 11.7. The van der Waals surface area contributed by atoms with Crippen LogP contribution in [0.15, 0.2) is 30.3 Å². The third-order valence-corrected chi connectivity index (χ3v) is 5.24. The van der Waals surface area contributed by atoms with E-state index in [-0.39, 0.29) is 0 Å². The molecule has 2 fully saturated rings. The highest BCUT2D eigenvalue weighted by molar-refractivity contribution is 5.14. The maximum absolute atomic E-state index is 3.79. The smallest absolute Gasteiger partial charge is 0.00684 e. The van der Waals surface area contributed by atoms with Crippen molar-refractivity contribution < 1.29 is 0 Å². The maximum atomic E-state index is 3.79. The Hall–Kier alpha value is -0.860.